The molecule has 0 aliphatic heterocycles. The van der Waals surface area contributed by atoms with E-state index in [4.69, 9.17) is 5.73 Å². The molecule has 1 aromatic heterocycles. The summed E-state index contributed by atoms with van der Waals surface area (Å²) >= 11 is 1.56. The second-order valence-electron chi connectivity index (χ2n) is 3.90. The van der Waals surface area contributed by atoms with E-state index in [-0.39, 0.29) is 6.10 Å². The van der Waals surface area contributed by atoms with Gasteiger partial charge in [-0.15, -0.1) is 11.3 Å². The Labute approximate surface area is 88.0 Å². The summed E-state index contributed by atoms with van der Waals surface area (Å²) in [5.41, 5.74) is 6.55. The molecule has 0 bridgehead atoms. The third kappa shape index (κ3) is 1.69. The number of rotatable bonds is 3. The van der Waals surface area contributed by atoms with Crippen molar-refractivity contribution in [2.45, 2.75) is 38.8 Å². The number of hydrogen-bond acceptors (Lipinski definition) is 4. The van der Waals surface area contributed by atoms with Crippen LogP contribution in [-0.4, -0.2) is 10.1 Å². The number of aliphatic hydroxyl groups is 1. The fourth-order valence-electron chi connectivity index (χ4n) is 1.72. The first-order valence-electron chi connectivity index (χ1n) is 5.06. The van der Waals surface area contributed by atoms with Gasteiger partial charge in [-0.3, -0.25) is 0 Å². The zero-order valence-electron chi connectivity index (χ0n) is 8.36. The van der Waals surface area contributed by atoms with E-state index in [9.17, 15) is 5.11 Å². The lowest BCUT2D eigenvalue weighted by Gasteiger charge is -2.28. The molecule has 0 amide bonds. The van der Waals surface area contributed by atoms with Crippen LogP contribution in [0.4, 0.5) is 0 Å². The summed E-state index contributed by atoms with van der Waals surface area (Å²) in [6.45, 7) is 2.48. The minimum atomic E-state index is -0.354. The number of nitrogens with zero attached hydrogens (tertiary/aromatic N) is 1. The highest BCUT2D eigenvalue weighted by molar-refractivity contribution is 7.11. The largest absolute Gasteiger partial charge is 0.386 e. The minimum Gasteiger partial charge on any atom is -0.386 e. The molecule has 1 aromatic rings. The Hall–Kier alpha value is -0.450. The molecule has 1 aliphatic rings. The molecule has 1 heterocycles. The Balaban J connectivity index is 2.14. The molecule has 78 valence electrons. The minimum absolute atomic E-state index is 0.354. The van der Waals surface area contributed by atoms with E-state index in [1.807, 2.05) is 6.92 Å². The van der Waals surface area contributed by atoms with Crippen LogP contribution in [0.2, 0.25) is 0 Å². The maximum atomic E-state index is 9.98. The Morgan fingerprint density at radius 2 is 2.36 bits per heavy atom. The number of hydrogen-bond donors (Lipinski definition) is 2. The van der Waals surface area contributed by atoms with Gasteiger partial charge in [0.2, 0.25) is 0 Å². The molecular formula is C10H16N2OS. The fourth-order valence-corrected chi connectivity index (χ4v) is 2.75. The average molecular weight is 212 g/mol. The quantitative estimate of drug-likeness (QED) is 0.802. The third-order valence-corrected chi connectivity index (χ3v) is 4.19. The van der Waals surface area contributed by atoms with E-state index in [2.05, 4.69) is 4.98 Å². The van der Waals surface area contributed by atoms with E-state index in [0.717, 1.165) is 28.4 Å². The topological polar surface area (TPSA) is 59.1 Å². The number of aryl methyl sites for hydroxylation is 1. The average Bonchev–Trinajstić information content (AvgIpc) is 2.43. The van der Waals surface area contributed by atoms with Crippen LogP contribution in [-0.2, 0) is 6.54 Å². The molecule has 0 spiro atoms. The molecule has 1 aliphatic carbocycles. The predicted molar refractivity (Wildman–Crippen MR) is 57.0 cm³/mol. The van der Waals surface area contributed by atoms with E-state index in [1.54, 1.807) is 11.3 Å². The molecule has 0 saturated heterocycles. The molecule has 2 rings (SSSR count). The summed E-state index contributed by atoms with van der Waals surface area (Å²) in [6.07, 6.45) is 3.17. The van der Waals surface area contributed by atoms with E-state index in [1.165, 1.54) is 6.42 Å². The molecule has 1 saturated carbocycles. The van der Waals surface area contributed by atoms with Crippen LogP contribution in [0, 0.1) is 12.8 Å². The van der Waals surface area contributed by atoms with Gasteiger partial charge in [0.1, 0.15) is 11.1 Å². The van der Waals surface area contributed by atoms with Gasteiger partial charge in [-0.05, 0) is 25.7 Å². The second kappa shape index (κ2) is 3.96. The maximum Gasteiger partial charge on any atom is 0.122 e. The second-order valence-corrected chi connectivity index (χ2v) is 5.02. The Morgan fingerprint density at radius 1 is 1.64 bits per heavy atom. The lowest BCUT2D eigenvalue weighted by atomic mass is 9.81. The van der Waals surface area contributed by atoms with Crippen molar-refractivity contribution >= 4 is 11.3 Å². The fraction of sp³-hybridized carbons (Fsp3) is 0.700. The zero-order chi connectivity index (χ0) is 10.1. The standard InChI is InChI=1S/C10H16N2OS/c1-6-8(5-11)14-10(12-6)9(13)7-3-2-4-7/h7,9,13H,2-5,11H2,1H3. The summed E-state index contributed by atoms with van der Waals surface area (Å²) in [4.78, 5) is 5.47. The Bertz CT molecular complexity index is 320. The number of aliphatic hydroxyl groups excluding tert-OH is 1. The van der Waals surface area contributed by atoms with Crippen molar-refractivity contribution in [2.75, 3.05) is 0 Å². The molecule has 1 fully saturated rings. The predicted octanol–water partition coefficient (Wildman–Crippen LogP) is 1.74. The van der Waals surface area contributed by atoms with Crippen LogP contribution < -0.4 is 5.73 Å². The van der Waals surface area contributed by atoms with E-state index < -0.39 is 0 Å². The maximum absolute atomic E-state index is 9.98. The van der Waals surface area contributed by atoms with E-state index >= 15 is 0 Å². The highest BCUT2D eigenvalue weighted by Crippen LogP contribution is 2.39. The van der Waals surface area contributed by atoms with Gasteiger partial charge in [0.25, 0.3) is 0 Å². The van der Waals surface area contributed by atoms with Crippen LogP contribution in [0.25, 0.3) is 0 Å². The van der Waals surface area contributed by atoms with Gasteiger partial charge in [0, 0.05) is 11.4 Å². The van der Waals surface area contributed by atoms with Crippen LogP contribution in [0.5, 0.6) is 0 Å². The van der Waals surface area contributed by atoms with Crippen LogP contribution in [0.3, 0.4) is 0 Å². The molecular weight excluding hydrogens is 196 g/mol. The van der Waals surface area contributed by atoms with Crippen molar-refractivity contribution in [2.24, 2.45) is 11.7 Å². The van der Waals surface area contributed by atoms with Gasteiger partial charge in [0.05, 0.1) is 5.69 Å². The summed E-state index contributed by atoms with van der Waals surface area (Å²) in [5, 5.41) is 10.8. The highest BCUT2D eigenvalue weighted by Gasteiger charge is 2.29. The lowest BCUT2D eigenvalue weighted by Crippen LogP contribution is -2.19. The van der Waals surface area contributed by atoms with Crippen molar-refractivity contribution in [1.82, 2.24) is 4.98 Å². The van der Waals surface area contributed by atoms with Crippen molar-refractivity contribution in [3.8, 4) is 0 Å². The molecule has 0 aromatic carbocycles. The van der Waals surface area contributed by atoms with Gasteiger partial charge in [-0.25, -0.2) is 4.98 Å². The van der Waals surface area contributed by atoms with Crippen molar-refractivity contribution in [3.63, 3.8) is 0 Å². The SMILES string of the molecule is Cc1nc(C(O)C2CCC2)sc1CN. The van der Waals surface area contributed by atoms with Crippen molar-refractivity contribution in [1.29, 1.82) is 0 Å². The molecule has 1 unspecified atom stereocenters. The zero-order valence-corrected chi connectivity index (χ0v) is 9.18. The molecule has 4 heteroatoms. The Morgan fingerprint density at radius 3 is 2.79 bits per heavy atom. The normalized spacial score (nSPS) is 19.4. The summed E-state index contributed by atoms with van der Waals surface area (Å²) < 4.78 is 0. The van der Waals surface area contributed by atoms with Crippen LogP contribution in [0.1, 0.15) is 40.9 Å². The van der Waals surface area contributed by atoms with Gasteiger partial charge in [0.15, 0.2) is 0 Å². The molecule has 0 radical (unpaired) electrons. The first-order valence-corrected chi connectivity index (χ1v) is 5.88. The smallest absolute Gasteiger partial charge is 0.122 e. The van der Waals surface area contributed by atoms with E-state index in [0.29, 0.717) is 12.5 Å². The molecule has 3 nitrogen and oxygen atoms in total. The molecule has 14 heavy (non-hydrogen) atoms. The number of thiazole rings is 1. The number of nitrogens with two attached hydrogens (primary N) is 1. The third-order valence-electron chi connectivity index (χ3n) is 2.94. The van der Waals surface area contributed by atoms with Gasteiger partial charge < -0.3 is 10.8 Å². The van der Waals surface area contributed by atoms with Gasteiger partial charge in [-0.2, -0.15) is 0 Å². The molecule has 3 N–H and O–H groups in total. The summed E-state index contributed by atoms with van der Waals surface area (Å²) in [7, 11) is 0. The first kappa shape index (κ1) is 10.1. The number of aromatic nitrogens is 1. The molecule has 1 atom stereocenters. The Kier molecular flexibility index (Phi) is 2.85. The van der Waals surface area contributed by atoms with Gasteiger partial charge in [-0.1, -0.05) is 6.42 Å². The highest BCUT2D eigenvalue weighted by atomic mass is 32.1. The van der Waals surface area contributed by atoms with Crippen molar-refractivity contribution in [3.05, 3.63) is 15.6 Å². The first-order chi connectivity index (χ1) is 6.72. The van der Waals surface area contributed by atoms with Crippen molar-refractivity contribution < 1.29 is 5.11 Å². The summed E-state index contributed by atoms with van der Waals surface area (Å²) in [5.74, 6) is 0.436. The van der Waals surface area contributed by atoms with Crippen LogP contribution >= 0.6 is 11.3 Å². The van der Waals surface area contributed by atoms with Gasteiger partial charge >= 0.3 is 0 Å². The van der Waals surface area contributed by atoms with Crippen LogP contribution in [0.15, 0.2) is 0 Å². The summed E-state index contributed by atoms with van der Waals surface area (Å²) in [6, 6.07) is 0. The monoisotopic (exact) mass is 212 g/mol. The lowest BCUT2D eigenvalue weighted by molar-refractivity contribution is 0.0618.